The zero-order valence-corrected chi connectivity index (χ0v) is 36.3. The van der Waals surface area contributed by atoms with Gasteiger partial charge >= 0.3 is 20.8 Å². The van der Waals surface area contributed by atoms with Gasteiger partial charge < -0.3 is 25.1 Å². The minimum Gasteiger partial charge on any atom is -0.505 e. The fraction of sp³-hybridized carbons (Fsp3) is 0.241. The van der Waals surface area contributed by atoms with E-state index in [9.17, 15) is 64.7 Å². The molecule has 0 aliphatic carbocycles. The topological polar surface area (TPSA) is 428 Å². The second-order valence-corrected chi connectivity index (χ2v) is 21.0. The molecule has 27 nitrogen and oxygen atoms in total. The number of nitrogens with zero attached hydrogens (tertiary/aromatic N) is 4. The van der Waals surface area contributed by atoms with Crippen LogP contribution < -0.4 is 19.9 Å². The lowest BCUT2D eigenvalue weighted by molar-refractivity contribution is 0.282. The Balaban J connectivity index is 1.93. The first-order valence-electron chi connectivity index (χ1n) is 16.0. The zero-order chi connectivity index (χ0) is 46.8. The minimum atomic E-state index is -5.41. The highest BCUT2D eigenvalue weighted by Crippen LogP contribution is 2.49. The molecule has 0 amide bonds. The van der Waals surface area contributed by atoms with Crippen LogP contribution in [-0.4, -0.2) is 120 Å². The third-order valence-corrected chi connectivity index (χ3v) is 13.9. The lowest BCUT2D eigenvalue weighted by atomic mass is 10.1. The molecule has 4 rings (SSSR count). The lowest BCUT2D eigenvalue weighted by Gasteiger charge is -2.15. The molecule has 0 bridgehead atoms. The largest absolute Gasteiger partial charge is 0.505 e. The highest BCUT2D eigenvalue weighted by atomic mass is 32.3. The number of phenols is 1. The Labute approximate surface area is 352 Å². The van der Waals surface area contributed by atoms with Crippen LogP contribution in [-0.2, 0) is 69.1 Å². The van der Waals surface area contributed by atoms with Crippen LogP contribution in [0.25, 0.3) is 10.8 Å². The summed E-state index contributed by atoms with van der Waals surface area (Å²) in [6.45, 7) is -2.02. The monoisotopic (exact) mass is 993 g/mol. The van der Waals surface area contributed by atoms with Gasteiger partial charge in [0, 0.05) is 12.1 Å². The predicted octanol–water partition coefficient (Wildman–Crippen LogP) is 2.66. The summed E-state index contributed by atoms with van der Waals surface area (Å²) in [5.74, 6) is -4.26. The normalized spacial score (nSPS) is 13.3. The van der Waals surface area contributed by atoms with E-state index in [1.165, 1.54) is 0 Å². The van der Waals surface area contributed by atoms with Gasteiger partial charge in [0.2, 0.25) is 0 Å². The van der Waals surface area contributed by atoms with E-state index < -0.39 is 161 Å². The van der Waals surface area contributed by atoms with E-state index in [1.54, 1.807) is 0 Å². The van der Waals surface area contributed by atoms with Gasteiger partial charge in [0.1, 0.15) is 54.7 Å². The average Bonchev–Trinajstić information content (AvgIpc) is 3.14. The molecule has 62 heavy (non-hydrogen) atoms. The van der Waals surface area contributed by atoms with E-state index in [0.29, 0.717) is 12.1 Å². The molecule has 4 aromatic carbocycles. The molecule has 0 fully saturated rings. The number of phenolic OH excluding ortho intramolecular Hbond substituents is 1. The van der Waals surface area contributed by atoms with E-state index in [0.717, 1.165) is 51.7 Å². The Morgan fingerprint density at radius 1 is 0.548 bits per heavy atom. The average molecular weight is 994 g/mol. The number of aromatic hydroxyl groups is 1. The summed E-state index contributed by atoms with van der Waals surface area (Å²) in [5, 5.41) is 25.2. The SMILES string of the molecule is COc1cc(S(=O)(=O)CCOS(=O)(=O)O)c(OC)cc1N=Nc1c(S(=O)(=O)O)cc2cc(S(=O)(=O)O)c(N=Nc3cc(S(=O)(=O)CCOS(=O)(=O)O)ccc3OC)c(O)c2c1N. The fourth-order valence-corrected chi connectivity index (χ4v) is 9.64. The molecule has 0 spiro atoms. The van der Waals surface area contributed by atoms with Gasteiger partial charge in [0.05, 0.1) is 62.0 Å². The second kappa shape index (κ2) is 18.3. The number of nitrogens with two attached hydrogens (primary N) is 1. The van der Waals surface area contributed by atoms with Gasteiger partial charge in [0.15, 0.2) is 25.4 Å². The molecule has 0 heterocycles. The minimum absolute atomic E-state index is 0.209. The van der Waals surface area contributed by atoms with Crippen molar-refractivity contribution in [2.75, 3.05) is 51.8 Å². The van der Waals surface area contributed by atoms with Crippen LogP contribution in [0.1, 0.15) is 0 Å². The Hall–Kier alpha value is -5.20. The number of anilines is 1. The quantitative estimate of drug-likeness (QED) is 0.0446. The molecule has 0 aliphatic rings. The first-order valence-corrected chi connectivity index (χ1v) is 24.9. The zero-order valence-electron chi connectivity index (χ0n) is 31.4. The third kappa shape index (κ3) is 11.8. The van der Waals surface area contributed by atoms with Crippen molar-refractivity contribution in [3.05, 3.63) is 42.5 Å². The van der Waals surface area contributed by atoms with Gasteiger partial charge in [-0.3, -0.25) is 18.2 Å². The van der Waals surface area contributed by atoms with Gasteiger partial charge in [-0.2, -0.15) is 33.7 Å². The molecule has 0 saturated heterocycles. The lowest BCUT2D eigenvalue weighted by Crippen LogP contribution is -2.16. The first kappa shape index (κ1) is 49.5. The summed E-state index contributed by atoms with van der Waals surface area (Å²) in [4.78, 5) is -3.54. The molecule has 33 heteroatoms. The van der Waals surface area contributed by atoms with Gasteiger partial charge in [0.25, 0.3) is 20.2 Å². The van der Waals surface area contributed by atoms with Crippen LogP contribution in [0.15, 0.2) is 82.5 Å². The molecule has 7 N–H and O–H groups in total. The number of benzene rings is 4. The van der Waals surface area contributed by atoms with E-state index in [1.807, 2.05) is 0 Å². The number of azo groups is 2. The van der Waals surface area contributed by atoms with Gasteiger partial charge in [-0.1, -0.05) is 0 Å². The number of fused-ring (bicyclic) bond motifs is 1. The Bertz CT molecular complexity index is 3190. The maximum Gasteiger partial charge on any atom is 0.397 e. The summed E-state index contributed by atoms with van der Waals surface area (Å²) < 4.78 is 207. The maximum absolute atomic E-state index is 13.0. The van der Waals surface area contributed by atoms with Crippen LogP contribution in [0.3, 0.4) is 0 Å². The molecule has 0 saturated carbocycles. The fourth-order valence-electron chi connectivity index (χ4n) is 5.15. The molecular weight excluding hydrogens is 963 g/mol. The van der Waals surface area contributed by atoms with Crippen molar-refractivity contribution in [1.82, 2.24) is 0 Å². The maximum atomic E-state index is 13.0. The van der Waals surface area contributed by atoms with Crippen molar-refractivity contribution in [3.8, 4) is 23.0 Å². The summed E-state index contributed by atoms with van der Waals surface area (Å²) in [5.41, 5.74) is 2.51. The van der Waals surface area contributed by atoms with E-state index in [-0.39, 0.29) is 5.75 Å². The van der Waals surface area contributed by atoms with Crippen LogP contribution in [0, 0.1) is 0 Å². The van der Waals surface area contributed by atoms with Crippen LogP contribution in [0.4, 0.5) is 28.4 Å². The second-order valence-electron chi connectivity index (χ2n) is 11.8. The van der Waals surface area contributed by atoms with Gasteiger partial charge in [-0.05, 0) is 35.7 Å². The van der Waals surface area contributed by atoms with Crippen LogP contribution in [0.5, 0.6) is 23.0 Å². The number of ether oxygens (including phenoxy) is 3. The third-order valence-electron chi connectivity index (χ3n) is 7.86. The molecule has 0 atom stereocenters. The van der Waals surface area contributed by atoms with Crippen molar-refractivity contribution >= 4 is 99.9 Å². The molecule has 0 unspecified atom stereocenters. The Morgan fingerprint density at radius 2 is 1.02 bits per heavy atom. The van der Waals surface area contributed by atoms with Crippen molar-refractivity contribution in [2.24, 2.45) is 20.5 Å². The van der Waals surface area contributed by atoms with Crippen molar-refractivity contribution in [2.45, 2.75) is 19.6 Å². The number of methoxy groups -OCH3 is 3. The van der Waals surface area contributed by atoms with Crippen molar-refractivity contribution < 1.29 is 96.4 Å². The summed E-state index contributed by atoms with van der Waals surface area (Å²) in [7, 11) is -26.4. The Kier molecular flexibility index (Phi) is 14.6. The number of rotatable bonds is 19. The molecule has 4 aromatic rings. The highest BCUT2D eigenvalue weighted by molar-refractivity contribution is 7.92. The van der Waals surface area contributed by atoms with E-state index in [4.69, 9.17) is 29.0 Å². The highest BCUT2D eigenvalue weighted by Gasteiger charge is 2.29. The Morgan fingerprint density at radius 3 is 1.50 bits per heavy atom. The predicted molar refractivity (Wildman–Crippen MR) is 210 cm³/mol. The van der Waals surface area contributed by atoms with Crippen LogP contribution in [0.2, 0.25) is 0 Å². The summed E-state index contributed by atoms with van der Waals surface area (Å²) in [6.07, 6.45) is 0. The standard InChI is InChI=1S/C29H31N5O22S6/c1-52-19-5-4-16(57(36,37)8-6-55-61(46,47)48)12-17(19)31-34-28-24(60(43,44)45)11-15-10-23(59(40,41)42)27(26(30)25(15)29(28)35)33-32-18-13-21(54-3)22(14-20(18)53-2)58(38,39)9-7-56-62(49,50)51/h4-5,10-14,35H,6-9,30H2,1-3H3,(H,40,41,42)(H,43,44,45)(H,46,47,48)(H,49,50,51). The molecule has 0 radical (unpaired) electrons. The molecule has 340 valence electrons. The summed E-state index contributed by atoms with van der Waals surface area (Å²) in [6, 6.07) is 5.77. The van der Waals surface area contributed by atoms with Gasteiger partial charge in [-0.25, -0.2) is 25.2 Å². The van der Waals surface area contributed by atoms with Gasteiger partial charge in [-0.15, -0.1) is 20.5 Å². The number of sulfone groups is 2. The molecular formula is C29H31N5O22S6. The number of hydrogen-bond acceptors (Lipinski definition) is 23. The first-order chi connectivity index (χ1) is 28.4. The van der Waals surface area contributed by atoms with Crippen LogP contribution >= 0.6 is 0 Å². The smallest absolute Gasteiger partial charge is 0.397 e. The number of hydrogen-bond donors (Lipinski definition) is 6. The van der Waals surface area contributed by atoms with E-state index >= 15 is 0 Å². The number of nitrogen functional groups attached to an aromatic ring is 1. The molecule has 0 aliphatic heterocycles. The van der Waals surface area contributed by atoms with Crippen molar-refractivity contribution in [3.63, 3.8) is 0 Å². The summed E-state index contributed by atoms with van der Waals surface area (Å²) >= 11 is 0. The molecule has 0 aromatic heterocycles. The van der Waals surface area contributed by atoms with E-state index in [2.05, 4.69) is 28.8 Å². The van der Waals surface area contributed by atoms with Crippen molar-refractivity contribution in [1.29, 1.82) is 0 Å².